The maximum absolute atomic E-state index is 12.8. The molecule has 0 aromatic heterocycles. The summed E-state index contributed by atoms with van der Waals surface area (Å²) in [6.45, 7) is 0. The van der Waals surface area contributed by atoms with Crippen molar-refractivity contribution in [2.24, 2.45) is 5.92 Å². The van der Waals surface area contributed by atoms with E-state index in [1.807, 2.05) is 0 Å². The van der Waals surface area contributed by atoms with E-state index in [9.17, 15) is 12.8 Å². The van der Waals surface area contributed by atoms with Gasteiger partial charge in [0.15, 0.2) is 0 Å². The third-order valence-electron chi connectivity index (χ3n) is 2.78. The molecule has 0 aliphatic rings. The Hall–Kier alpha value is -0.420. The van der Waals surface area contributed by atoms with Crippen molar-refractivity contribution >= 4 is 25.8 Å². The van der Waals surface area contributed by atoms with E-state index in [1.54, 1.807) is 12.1 Å². The molecule has 1 aromatic carbocycles. The van der Waals surface area contributed by atoms with Crippen LogP contribution in [-0.4, -0.2) is 25.8 Å². The van der Waals surface area contributed by atoms with Crippen LogP contribution in [0.5, 0.6) is 0 Å². The lowest BCUT2D eigenvalue weighted by molar-refractivity contribution is 0.528. The van der Waals surface area contributed by atoms with Crippen LogP contribution in [0, 0.1) is 11.7 Å². The molecule has 18 heavy (non-hydrogen) atoms. The summed E-state index contributed by atoms with van der Waals surface area (Å²) >= 11 is 3.44. The zero-order valence-corrected chi connectivity index (χ0v) is 12.8. The highest BCUT2D eigenvalue weighted by Gasteiger charge is 2.10. The molecule has 0 heterocycles. The van der Waals surface area contributed by atoms with Gasteiger partial charge >= 0.3 is 0 Å². The van der Waals surface area contributed by atoms with E-state index in [-0.39, 0.29) is 11.6 Å². The molecule has 0 saturated heterocycles. The number of alkyl halides is 1. The Bertz CT molecular complexity index is 456. The second-order valence-corrected chi connectivity index (χ2v) is 7.53. The largest absolute Gasteiger partial charge is 0.229 e. The van der Waals surface area contributed by atoms with Gasteiger partial charge in [0.25, 0.3) is 0 Å². The van der Waals surface area contributed by atoms with Crippen LogP contribution in [0.4, 0.5) is 4.39 Å². The lowest BCUT2D eigenvalue weighted by Crippen LogP contribution is -2.10. The molecule has 5 heteroatoms. The molecule has 102 valence electrons. The Kier molecular flexibility index (Phi) is 6.29. The Morgan fingerprint density at radius 2 is 1.89 bits per heavy atom. The SMILES string of the molecule is CS(=O)(=O)CCCC(CBr)Cc1ccc(F)cc1. The van der Waals surface area contributed by atoms with E-state index in [1.165, 1.54) is 18.4 Å². The molecule has 1 atom stereocenters. The van der Waals surface area contributed by atoms with E-state index in [4.69, 9.17) is 0 Å². The molecule has 0 aliphatic heterocycles. The fourth-order valence-electron chi connectivity index (χ4n) is 1.82. The molecule has 0 amide bonds. The van der Waals surface area contributed by atoms with Crippen molar-refractivity contribution in [2.45, 2.75) is 19.3 Å². The monoisotopic (exact) mass is 336 g/mol. The molecule has 0 N–H and O–H groups in total. The van der Waals surface area contributed by atoms with Gasteiger partial charge in [-0.25, -0.2) is 12.8 Å². The van der Waals surface area contributed by atoms with Crippen LogP contribution >= 0.6 is 15.9 Å². The van der Waals surface area contributed by atoms with E-state index < -0.39 is 9.84 Å². The first-order valence-corrected chi connectivity index (χ1v) is 9.07. The number of hydrogen-bond donors (Lipinski definition) is 0. The van der Waals surface area contributed by atoms with Gasteiger partial charge in [0.05, 0.1) is 0 Å². The summed E-state index contributed by atoms with van der Waals surface area (Å²) in [5.41, 5.74) is 1.08. The van der Waals surface area contributed by atoms with Gasteiger partial charge in [-0.05, 0) is 42.9 Å². The molecule has 2 nitrogen and oxygen atoms in total. The van der Waals surface area contributed by atoms with Gasteiger partial charge in [0.1, 0.15) is 15.7 Å². The van der Waals surface area contributed by atoms with Crippen LogP contribution in [0.25, 0.3) is 0 Å². The first kappa shape index (κ1) is 15.6. The minimum absolute atomic E-state index is 0.230. The summed E-state index contributed by atoms with van der Waals surface area (Å²) in [5, 5.41) is 0.828. The molecule has 0 radical (unpaired) electrons. The molecule has 0 bridgehead atoms. The predicted molar refractivity (Wildman–Crippen MR) is 76.3 cm³/mol. The topological polar surface area (TPSA) is 34.1 Å². The van der Waals surface area contributed by atoms with Gasteiger partial charge in [-0.15, -0.1) is 0 Å². The van der Waals surface area contributed by atoms with Crippen molar-refractivity contribution in [3.63, 3.8) is 0 Å². The summed E-state index contributed by atoms with van der Waals surface area (Å²) in [5.74, 6) is 0.392. The fraction of sp³-hybridized carbons (Fsp3) is 0.538. The average molecular weight is 337 g/mol. The molecule has 0 aliphatic carbocycles. The van der Waals surface area contributed by atoms with Crippen LogP contribution in [-0.2, 0) is 16.3 Å². The smallest absolute Gasteiger partial charge is 0.147 e. The van der Waals surface area contributed by atoms with Crippen LogP contribution < -0.4 is 0 Å². The Balaban J connectivity index is 2.44. The lowest BCUT2D eigenvalue weighted by Gasteiger charge is -2.13. The number of sulfone groups is 1. The third-order valence-corrected chi connectivity index (χ3v) is 4.73. The third kappa shape index (κ3) is 6.50. The van der Waals surface area contributed by atoms with Gasteiger partial charge in [0, 0.05) is 17.3 Å². The molecule has 0 fully saturated rings. The standard InChI is InChI=1S/C13H18BrFO2S/c1-18(16,17)8-2-3-12(10-14)9-11-4-6-13(15)7-5-11/h4-7,12H,2-3,8-10H2,1H3. The average Bonchev–Trinajstić information content (AvgIpc) is 2.29. The van der Waals surface area contributed by atoms with Gasteiger partial charge in [-0.1, -0.05) is 28.1 Å². The van der Waals surface area contributed by atoms with Crippen molar-refractivity contribution < 1.29 is 12.8 Å². The zero-order valence-electron chi connectivity index (χ0n) is 10.4. The van der Waals surface area contributed by atoms with E-state index in [2.05, 4.69) is 15.9 Å². The quantitative estimate of drug-likeness (QED) is 0.716. The van der Waals surface area contributed by atoms with E-state index in [0.29, 0.717) is 12.3 Å². The van der Waals surface area contributed by atoms with E-state index in [0.717, 1.165) is 23.7 Å². The Morgan fingerprint density at radius 3 is 2.39 bits per heavy atom. The number of rotatable bonds is 7. The van der Waals surface area contributed by atoms with Crippen LogP contribution in [0.15, 0.2) is 24.3 Å². The summed E-state index contributed by atoms with van der Waals surface area (Å²) in [4.78, 5) is 0. The maximum Gasteiger partial charge on any atom is 0.147 e. The molecule has 1 aromatic rings. The van der Waals surface area contributed by atoms with Crippen molar-refractivity contribution in [1.29, 1.82) is 0 Å². The van der Waals surface area contributed by atoms with Crippen molar-refractivity contribution in [3.05, 3.63) is 35.6 Å². The van der Waals surface area contributed by atoms with Crippen molar-refractivity contribution in [2.75, 3.05) is 17.3 Å². The number of halogens is 2. The first-order valence-electron chi connectivity index (χ1n) is 5.89. The number of hydrogen-bond acceptors (Lipinski definition) is 2. The van der Waals surface area contributed by atoms with Gasteiger partial charge in [0.2, 0.25) is 0 Å². The fourth-order valence-corrected chi connectivity index (χ4v) is 3.07. The second-order valence-electron chi connectivity index (χ2n) is 4.62. The summed E-state index contributed by atoms with van der Waals surface area (Å²) < 4.78 is 34.9. The summed E-state index contributed by atoms with van der Waals surface area (Å²) in [6, 6.07) is 6.47. The summed E-state index contributed by atoms with van der Waals surface area (Å²) in [6.07, 6.45) is 3.64. The van der Waals surface area contributed by atoms with Crippen LogP contribution in [0.2, 0.25) is 0 Å². The predicted octanol–water partition coefficient (Wildman–Crippen LogP) is 3.20. The van der Waals surface area contributed by atoms with E-state index >= 15 is 0 Å². The van der Waals surface area contributed by atoms with Gasteiger partial charge in [-0.2, -0.15) is 0 Å². The Morgan fingerprint density at radius 1 is 1.28 bits per heavy atom. The minimum atomic E-state index is -2.87. The highest BCUT2D eigenvalue weighted by atomic mass is 79.9. The normalized spacial score (nSPS) is 13.5. The maximum atomic E-state index is 12.8. The molecule has 0 spiro atoms. The van der Waals surface area contributed by atoms with Crippen LogP contribution in [0.3, 0.4) is 0 Å². The van der Waals surface area contributed by atoms with Crippen molar-refractivity contribution in [3.8, 4) is 0 Å². The second kappa shape index (κ2) is 7.24. The van der Waals surface area contributed by atoms with Gasteiger partial charge < -0.3 is 0 Å². The summed E-state index contributed by atoms with van der Waals surface area (Å²) in [7, 11) is -2.87. The first-order chi connectivity index (χ1) is 8.40. The van der Waals surface area contributed by atoms with Gasteiger partial charge in [-0.3, -0.25) is 0 Å². The Labute approximate surface area is 117 Å². The zero-order chi connectivity index (χ0) is 13.6. The highest BCUT2D eigenvalue weighted by molar-refractivity contribution is 9.09. The van der Waals surface area contributed by atoms with Crippen molar-refractivity contribution in [1.82, 2.24) is 0 Å². The molecule has 0 saturated carbocycles. The minimum Gasteiger partial charge on any atom is -0.229 e. The molecular formula is C13H18BrFO2S. The molecule has 1 rings (SSSR count). The molecular weight excluding hydrogens is 319 g/mol. The molecule has 1 unspecified atom stereocenters. The highest BCUT2D eigenvalue weighted by Crippen LogP contribution is 2.17. The number of benzene rings is 1. The van der Waals surface area contributed by atoms with Crippen LogP contribution in [0.1, 0.15) is 18.4 Å². The lowest BCUT2D eigenvalue weighted by atomic mass is 9.97.